The lowest BCUT2D eigenvalue weighted by Gasteiger charge is -2.02. The molecule has 0 aliphatic heterocycles. The highest BCUT2D eigenvalue weighted by Gasteiger charge is 2.11. The third kappa shape index (κ3) is 1.82. The van der Waals surface area contributed by atoms with Crippen LogP contribution in [0.25, 0.3) is 5.52 Å². The number of hydrogen-bond acceptors (Lipinski definition) is 1. The number of rotatable bonds is 3. The lowest BCUT2D eigenvalue weighted by molar-refractivity contribution is 0.288. The van der Waals surface area contributed by atoms with Gasteiger partial charge in [0.25, 0.3) is 0 Å². The Labute approximate surface area is 97.7 Å². The van der Waals surface area contributed by atoms with Crippen LogP contribution in [0.2, 0.25) is 0 Å². The molecule has 0 radical (unpaired) electrons. The van der Waals surface area contributed by atoms with Crippen molar-refractivity contribution in [1.82, 2.24) is 4.40 Å². The molecule has 2 aromatic heterocycles. The van der Waals surface area contributed by atoms with E-state index in [1.807, 2.05) is 12.1 Å². The molecule has 0 bridgehead atoms. The number of nitrogens with zero attached hydrogens (tertiary/aromatic N) is 1. The SMILES string of the molecule is Cc1c(Br)c2ccccn2c1CCCO. The highest BCUT2D eigenvalue weighted by Crippen LogP contribution is 2.28. The van der Waals surface area contributed by atoms with E-state index in [2.05, 4.69) is 39.5 Å². The molecule has 0 aromatic carbocycles. The Hall–Kier alpha value is -0.800. The van der Waals surface area contributed by atoms with Crippen molar-refractivity contribution in [3.8, 4) is 0 Å². The van der Waals surface area contributed by atoms with E-state index in [4.69, 9.17) is 5.11 Å². The maximum Gasteiger partial charge on any atom is 0.0597 e. The van der Waals surface area contributed by atoms with Gasteiger partial charge < -0.3 is 9.51 Å². The molecule has 0 amide bonds. The highest BCUT2D eigenvalue weighted by atomic mass is 79.9. The Morgan fingerprint density at radius 1 is 1.40 bits per heavy atom. The van der Waals surface area contributed by atoms with Gasteiger partial charge >= 0.3 is 0 Å². The van der Waals surface area contributed by atoms with Gasteiger partial charge in [0.2, 0.25) is 0 Å². The molecule has 0 spiro atoms. The van der Waals surface area contributed by atoms with Gasteiger partial charge in [0.05, 0.1) is 5.52 Å². The van der Waals surface area contributed by atoms with E-state index in [1.165, 1.54) is 16.8 Å². The minimum absolute atomic E-state index is 0.247. The van der Waals surface area contributed by atoms with E-state index >= 15 is 0 Å². The van der Waals surface area contributed by atoms with E-state index in [0.29, 0.717) is 0 Å². The van der Waals surface area contributed by atoms with Gasteiger partial charge in [-0.15, -0.1) is 0 Å². The number of hydrogen-bond donors (Lipinski definition) is 1. The molecular weight excluding hydrogens is 254 g/mol. The molecule has 2 heterocycles. The van der Waals surface area contributed by atoms with Crippen LogP contribution in [0, 0.1) is 6.92 Å². The minimum Gasteiger partial charge on any atom is -0.396 e. The fourth-order valence-corrected chi connectivity index (χ4v) is 2.46. The molecular formula is C12H14BrNO. The van der Waals surface area contributed by atoms with E-state index in [9.17, 15) is 0 Å². The molecule has 3 heteroatoms. The Bertz CT molecular complexity index is 476. The zero-order valence-electron chi connectivity index (χ0n) is 8.70. The second-order valence-electron chi connectivity index (χ2n) is 3.67. The Morgan fingerprint density at radius 3 is 2.93 bits per heavy atom. The molecule has 0 unspecified atom stereocenters. The quantitative estimate of drug-likeness (QED) is 0.909. The fraction of sp³-hybridized carbons (Fsp3) is 0.333. The summed E-state index contributed by atoms with van der Waals surface area (Å²) in [6, 6.07) is 6.16. The summed E-state index contributed by atoms with van der Waals surface area (Å²) in [6.07, 6.45) is 3.80. The summed E-state index contributed by atoms with van der Waals surface area (Å²) in [5, 5.41) is 8.88. The monoisotopic (exact) mass is 267 g/mol. The number of aliphatic hydroxyl groups is 1. The molecule has 0 saturated carbocycles. The Morgan fingerprint density at radius 2 is 2.20 bits per heavy atom. The van der Waals surface area contributed by atoms with Gasteiger partial charge in [0.1, 0.15) is 0 Å². The van der Waals surface area contributed by atoms with Gasteiger partial charge in [-0.1, -0.05) is 6.07 Å². The third-order valence-corrected chi connectivity index (χ3v) is 3.71. The molecule has 0 saturated heterocycles. The van der Waals surface area contributed by atoms with Crippen molar-refractivity contribution in [2.45, 2.75) is 19.8 Å². The lowest BCUT2D eigenvalue weighted by atomic mass is 10.2. The molecule has 2 nitrogen and oxygen atoms in total. The van der Waals surface area contributed by atoms with Crippen molar-refractivity contribution < 1.29 is 5.11 Å². The van der Waals surface area contributed by atoms with Gasteiger partial charge in [0, 0.05) is 23.0 Å². The van der Waals surface area contributed by atoms with Crippen LogP contribution in [-0.4, -0.2) is 16.1 Å². The largest absolute Gasteiger partial charge is 0.396 e. The summed E-state index contributed by atoms with van der Waals surface area (Å²) in [7, 11) is 0. The molecule has 0 atom stereocenters. The summed E-state index contributed by atoms with van der Waals surface area (Å²) in [4.78, 5) is 0. The average molecular weight is 268 g/mol. The molecule has 80 valence electrons. The van der Waals surface area contributed by atoms with Gasteiger partial charge in [-0.05, 0) is 53.4 Å². The van der Waals surface area contributed by atoms with Crippen molar-refractivity contribution in [3.05, 3.63) is 40.1 Å². The van der Waals surface area contributed by atoms with Crippen LogP contribution in [0.15, 0.2) is 28.9 Å². The van der Waals surface area contributed by atoms with E-state index < -0.39 is 0 Å². The van der Waals surface area contributed by atoms with Crippen molar-refractivity contribution in [2.24, 2.45) is 0 Å². The summed E-state index contributed by atoms with van der Waals surface area (Å²) in [6.45, 7) is 2.36. The van der Waals surface area contributed by atoms with Crippen LogP contribution in [0.3, 0.4) is 0 Å². The van der Waals surface area contributed by atoms with E-state index in [1.54, 1.807) is 0 Å². The van der Waals surface area contributed by atoms with E-state index in [-0.39, 0.29) is 6.61 Å². The molecule has 15 heavy (non-hydrogen) atoms. The maximum absolute atomic E-state index is 8.88. The van der Waals surface area contributed by atoms with Gasteiger partial charge in [-0.3, -0.25) is 0 Å². The van der Waals surface area contributed by atoms with Crippen LogP contribution in [0.5, 0.6) is 0 Å². The standard InChI is InChI=1S/C12H14BrNO/c1-9-10(6-4-8-15)14-7-3-2-5-11(14)12(9)13/h2-3,5,7,15H,4,6,8H2,1H3. The highest BCUT2D eigenvalue weighted by molar-refractivity contribution is 9.10. The first kappa shape index (κ1) is 10.7. The van der Waals surface area contributed by atoms with Gasteiger partial charge in [-0.25, -0.2) is 0 Å². The second-order valence-corrected chi connectivity index (χ2v) is 4.46. The first-order valence-electron chi connectivity index (χ1n) is 5.10. The lowest BCUT2D eigenvalue weighted by Crippen LogP contribution is -1.96. The molecule has 0 fully saturated rings. The normalized spacial score (nSPS) is 11.1. The average Bonchev–Trinajstić information content (AvgIpc) is 2.51. The zero-order valence-corrected chi connectivity index (χ0v) is 10.3. The third-order valence-electron chi connectivity index (χ3n) is 2.71. The molecule has 2 aromatic rings. The first-order valence-corrected chi connectivity index (χ1v) is 5.90. The first-order chi connectivity index (χ1) is 7.25. The number of aromatic nitrogens is 1. The van der Waals surface area contributed by atoms with Crippen LogP contribution >= 0.6 is 15.9 Å². The van der Waals surface area contributed by atoms with Crippen molar-refractivity contribution in [2.75, 3.05) is 6.61 Å². The Balaban J connectivity index is 2.56. The minimum atomic E-state index is 0.247. The number of aryl methyl sites for hydroxylation is 1. The summed E-state index contributed by atoms with van der Waals surface area (Å²) >= 11 is 3.61. The smallest absolute Gasteiger partial charge is 0.0597 e. The fourth-order valence-electron chi connectivity index (χ4n) is 1.91. The number of fused-ring (bicyclic) bond motifs is 1. The number of aliphatic hydroxyl groups excluding tert-OH is 1. The molecule has 0 aliphatic rings. The molecule has 2 rings (SSSR count). The van der Waals surface area contributed by atoms with Gasteiger partial charge in [-0.2, -0.15) is 0 Å². The van der Waals surface area contributed by atoms with E-state index in [0.717, 1.165) is 17.3 Å². The maximum atomic E-state index is 8.88. The predicted molar refractivity (Wildman–Crippen MR) is 65.2 cm³/mol. The Kier molecular flexibility index (Phi) is 3.12. The molecule has 1 N–H and O–H groups in total. The molecule has 0 aliphatic carbocycles. The van der Waals surface area contributed by atoms with Crippen molar-refractivity contribution in [1.29, 1.82) is 0 Å². The van der Waals surface area contributed by atoms with Gasteiger partial charge in [0.15, 0.2) is 0 Å². The summed E-state index contributed by atoms with van der Waals surface area (Å²) < 4.78 is 3.35. The summed E-state index contributed by atoms with van der Waals surface area (Å²) in [5.41, 5.74) is 3.75. The van der Waals surface area contributed by atoms with Crippen LogP contribution in [0.1, 0.15) is 17.7 Å². The number of pyridine rings is 1. The predicted octanol–water partition coefficient (Wildman–Crippen LogP) is 2.94. The topological polar surface area (TPSA) is 24.6 Å². The zero-order chi connectivity index (χ0) is 10.8. The number of halogens is 1. The van der Waals surface area contributed by atoms with Crippen LogP contribution in [-0.2, 0) is 6.42 Å². The van der Waals surface area contributed by atoms with Crippen LogP contribution < -0.4 is 0 Å². The second kappa shape index (κ2) is 4.37. The van der Waals surface area contributed by atoms with Crippen molar-refractivity contribution >= 4 is 21.4 Å². The van der Waals surface area contributed by atoms with Crippen LogP contribution in [0.4, 0.5) is 0 Å². The van der Waals surface area contributed by atoms with Crippen molar-refractivity contribution in [3.63, 3.8) is 0 Å². The summed E-state index contributed by atoms with van der Waals surface area (Å²) in [5.74, 6) is 0.